The van der Waals surface area contributed by atoms with Crippen LogP contribution in [0.25, 0.3) is 5.69 Å². The van der Waals surface area contributed by atoms with Crippen LogP contribution in [0.2, 0.25) is 5.02 Å². The van der Waals surface area contributed by atoms with Crippen LogP contribution in [-0.2, 0) is 27.4 Å². The molecule has 2 N–H and O–H groups in total. The molecule has 3 amide bonds. The number of carbonyl (C=O) groups is 3. The fourth-order valence-electron chi connectivity index (χ4n) is 3.26. The average Bonchev–Trinajstić information content (AvgIpc) is 3.20. The number of halogens is 2. The molecule has 1 fully saturated rings. The lowest BCUT2D eigenvalue weighted by atomic mass is 10.1. The van der Waals surface area contributed by atoms with Crippen LogP contribution in [0.3, 0.4) is 0 Å². The highest BCUT2D eigenvalue weighted by atomic mass is 35.5. The minimum absolute atomic E-state index is 0.0756. The topological polar surface area (TPSA) is 106 Å². The summed E-state index contributed by atoms with van der Waals surface area (Å²) >= 11 is 5.96. The quantitative estimate of drug-likeness (QED) is 0.616. The van der Waals surface area contributed by atoms with E-state index < -0.39 is 5.82 Å². The molecule has 2 aromatic rings. The molecule has 1 aromatic carbocycles. The lowest BCUT2D eigenvalue weighted by molar-refractivity contribution is -0.130. The van der Waals surface area contributed by atoms with Crippen molar-refractivity contribution in [2.24, 2.45) is 5.92 Å². The number of hydrogen-bond acceptors (Lipinski definition) is 5. The van der Waals surface area contributed by atoms with E-state index in [1.807, 2.05) is 6.92 Å². The van der Waals surface area contributed by atoms with E-state index in [1.54, 1.807) is 0 Å². The van der Waals surface area contributed by atoms with Crippen LogP contribution in [0.15, 0.2) is 18.2 Å². The van der Waals surface area contributed by atoms with Gasteiger partial charge in [0.2, 0.25) is 12.3 Å². The van der Waals surface area contributed by atoms with Crippen molar-refractivity contribution in [1.29, 1.82) is 0 Å². The molecule has 2 aliphatic rings. The zero-order valence-electron chi connectivity index (χ0n) is 20.6. The second-order valence-electron chi connectivity index (χ2n) is 8.60. The Kier molecular flexibility index (Phi) is 11.1. The largest absolute Gasteiger partial charge is 0.376 e. The first kappa shape index (κ1) is 28.3. The third kappa shape index (κ3) is 8.32. The van der Waals surface area contributed by atoms with Crippen molar-refractivity contribution in [3.8, 4) is 5.69 Å². The van der Waals surface area contributed by atoms with Gasteiger partial charge in [-0.15, -0.1) is 0 Å². The van der Waals surface area contributed by atoms with E-state index in [0.717, 1.165) is 11.6 Å². The number of ether oxygens (including phenoxy) is 1. The standard InChI is InChI=1S/C15H15ClFN3O2.C5H8N2O2.C4H10/c1-2-18-15(21)14-10-8-22-6-5-12(10)20(19-14)13-7-9(16)3-4-11(13)17;8-4-7-2-1-6-5(9)3-7;1-4(2)3/h3-4,7H,2,5-6,8H2,1H3,(H,18,21);4H,1-3H2,(H,6,9);4H,1-3H3. The Bertz CT molecular complexity index is 1020. The Hall–Kier alpha value is -2.98. The van der Waals surface area contributed by atoms with E-state index >= 15 is 0 Å². The Morgan fingerprint density at radius 1 is 1.37 bits per heavy atom. The van der Waals surface area contributed by atoms with Gasteiger partial charge < -0.3 is 20.3 Å². The molecule has 0 aliphatic carbocycles. The normalized spacial score (nSPS) is 14.6. The summed E-state index contributed by atoms with van der Waals surface area (Å²) in [5.41, 5.74) is 2.00. The number of benzene rings is 1. The maximum Gasteiger partial charge on any atom is 0.272 e. The predicted molar refractivity (Wildman–Crippen MR) is 131 cm³/mol. The second-order valence-corrected chi connectivity index (χ2v) is 9.04. The first-order valence-electron chi connectivity index (χ1n) is 11.6. The molecule has 0 bridgehead atoms. The fourth-order valence-corrected chi connectivity index (χ4v) is 3.43. The molecule has 0 unspecified atom stereocenters. The number of aromatic nitrogens is 2. The summed E-state index contributed by atoms with van der Waals surface area (Å²) in [7, 11) is 0. The van der Waals surface area contributed by atoms with Crippen LogP contribution in [0.5, 0.6) is 0 Å². The molecule has 9 nitrogen and oxygen atoms in total. The van der Waals surface area contributed by atoms with Gasteiger partial charge in [-0.1, -0.05) is 32.4 Å². The minimum Gasteiger partial charge on any atom is -0.376 e. The minimum atomic E-state index is -0.441. The number of piperazine rings is 1. The number of amides is 3. The van der Waals surface area contributed by atoms with Gasteiger partial charge >= 0.3 is 0 Å². The van der Waals surface area contributed by atoms with Gasteiger partial charge in [-0.2, -0.15) is 5.10 Å². The molecular formula is C24H33ClFN5O4. The summed E-state index contributed by atoms with van der Waals surface area (Å²) in [6.07, 6.45) is 1.26. The van der Waals surface area contributed by atoms with Crippen molar-refractivity contribution in [3.63, 3.8) is 0 Å². The Labute approximate surface area is 209 Å². The van der Waals surface area contributed by atoms with E-state index in [9.17, 15) is 18.8 Å². The van der Waals surface area contributed by atoms with E-state index in [-0.39, 0.29) is 29.7 Å². The van der Waals surface area contributed by atoms with Crippen LogP contribution >= 0.6 is 11.6 Å². The molecule has 0 atom stereocenters. The van der Waals surface area contributed by atoms with Crippen LogP contribution in [0, 0.1) is 11.7 Å². The number of nitrogens with one attached hydrogen (secondary N) is 2. The van der Waals surface area contributed by atoms with Crippen LogP contribution in [0.1, 0.15) is 49.4 Å². The zero-order chi connectivity index (χ0) is 26.0. The Morgan fingerprint density at radius 3 is 2.69 bits per heavy atom. The van der Waals surface area contributed by atoms with Gasteiger partial charge in [0.15, 0.2) is 5.69 Å². The number of rotatable bonds is 4. The monoisotopic (exact) mass is 509 g/mol. The number of carbonyl (C=O) groups excluding carboxylic acids is 3. The summed E-state index contributed by atoms with van der Waals surface area (Å²) in [5, 5.41) is 10.0. The summed E-state index contributed by atoms with van der Waals surface area (Å²) in [6, 6.07) is 4.27. The number of fused-ring (bicyclic) bond motifs is 1. The van der Waals surface area contributed by atoms with Gasteiger partial charge in [0.05, 0.1) is 25.5 Å². The second kappa shape index (κ2) is 13.8. The number of nitrogens with zero attached hydrogens (tertiary/aromatic N) is 3. The van der Waals surface area contributed by atoms with Crippen molar-refractivity contribution in [2.45, 2.75) is 40.7 Å². The van der Waals surface area contributed by atoms with Crippen molar-refractivity contribution < 1.29 is 23.5 Å². The van der Waals surface area contributed by atoms with Gasteiger partial charge in [0.1, 0.15) is 11.5 Å². The SMILES string of the molecule is CC(C)C.CCNC(=O)c1nn(-c2cc(Cl)ccc2F)c2c1COCC2.O=CN1CCNC(=O)C1. The maximum absolute atomic E-state index is 14.1. The molecule has 0 saturated carbocycles. The Balaban J connectivity index is 0.000000275. The van der Waals surface area contributed by atoms with E-state index in [2.05, 4.69) is 36.5 Å². The van der Waals surface area contributed by atoms with Gasteiger partial charge in [-0.3, -0.25) is 14.4 Å². The highest BCUT2D eigenvalue weighted by Gasteiger charge is 2.26. The van der Waals surface area contributed by atoms with E-state index in [1.165, 1.54) is 27.8 Å². The lowest BCUT2D eigenvalue weighted by Crippen LogP contribution is -2.46. The molecule has 1 aromatic heterocycles. The van der Waals surface area contributed by atoms with Gasteiger partial charge in [-0.25, -0.2) is 9.07 Å². The van der Waals surface area contributed by atoms with Crippen molar-refractivity contribution in [2.75, 3.05) is 32.8 Å². The molecule has 1 saturated heterocycles. The van der Waals surface area contributed by atoms with E-state index in [4.69, 9.17) is 16.3 Å². The smallest absolute Gasteiger partial charge is 0.272 e. The Morgan fingerprint density at radius 2 is 2.09 bits per heavy atom. The molecule has 11 heteroatoms. The van der Waals surface area contributed by atoms with Crippen molar-refractivity contribution in [3.05, 3.63) is 46.0 Å². The average molecular weight is 510 g/mol. The van der Waals surface area contributed by atoms with Crippen molar-refractivity contribution >= 4 is 29.8 Å². The first-order chi connectivity index (χ1) is 16.7. The molecule has 192 valence electrons. The first-order valence-corrected chi connectivity index (χ1v) is 11.9. The highest BCUT2D eigenvalue weighted by molar-refractivity contribution is 6.30. The van der Waals surface area contributed by atoms with Gasteiger partial charge in [-0.05, 0) is 31.0 Å². The summed E-state index contributed by atoms with van der Waals surface area (Å²) in [4.78, 5) is 34.2. The molecule has 3 heterocycles. The third-order valence-electron chi connectivity index (χ3n) is 4.73. The van der Waals surface area contributed by atoms with Crippen LogP contribution < -0.4 is 10.6 Å². The molecule has 2 aliphatic heterocycles. The van der Waals surface area contributed by atoms with Gasteiger partial charge in [0, 0.05) is 36.6 Å². The van der Waals surface area contributed by atoms with Crippen LogP contribution in [0.4, 0.5) is 4.39 Å². The third-order valence-corrected chi connectivity index (χ3v) is 4.96. The zero-order valence-corrected chi connectivity index (χ0v) is 21.3. The summed E-state index contributed by atoms with van der Waals surface area (Å²) < 4.78 is 21.0. The lowest BCUT2D eigenvalue weighted by Gasteiger charge is -2.21. The molecule has 0 radical (unpaired) electrons. The molecule has 0 spiro atoms. The summed E-state index contributed by atoms with van der Waals surface area (Å²) in [5.74, 6) is 0.0300. The molecule has 35 heavy (non-hydrogen) atoms. The van der Waals surface area contributed by atoms with Crippen molar-refractivity contribution in [1.82, 2.24) is 25.3 Å². The summed E-state index contributed by atoms with van der Waals surface area (Å²) in [6.45, 7) is 11.1. The molecular weight excluding hydrogens is 477 g/mol. The number of hydrogen-bond donors (Lipinski definition) is 2. The van der Waals surface area contributed by atoms with Gasteiger partial charge in [0.25, 0.3) is 5.91 Å². The maximum atomic E-state index is 14.1. The fraction of sp³-hybridized carbons (Fsp3) is 0.500. The molecule has 4 rings (SSSR count). The van der Waals surface area contributed by atoms with E-state index in [0.29, 0.717) is 56.3 Å². The highest BCUT2D eigenvalue weighted by Crippen LogP contribution is 2.26. The predicted octanol–water partition coefficient (Wildman–Crippen LogP) is 2.72. The van der Waals surface area contributed by atoms with Crippen LogP contribution in [-0.4, -0.2) is 65.7 Å².